The Morgan fingerprint density at radius 3 is 2.93 bits per heavy atom. The molecule has 1 saturated carbocycles. The van der Waals surface area contributed by atoms with Crippen molar-refractivity contribution in [2.24, 2.45) is 5.92 Å². The average Bonchev–Trinajstić information content (AvgIpc) is 3.52. The maximum Gasteiger partial charge on any atom is 0.215 e. The summed E-state index contributed by atoms with van der Waals surface area (Å²) >= 11 is 0. The van der Waals surface area contributed by atoms with E-state index in [0.29, 0.717) is 23.0 Å². The Balaban J connectivity index is 1.41. The summed E-state index contributed by atoms with van der Waals surface area (Å²) in [6.45, 7) is 4.93. The van der Waals surface area contributed by atoms with Crippen molar-refractivity contribution in [3.05, 3.63) is 53.3 Å². The lowest BCUT2D eigenvalue weighted by Gasteiger charge is -2.32. The van der Waals surface area contributed by atoms with Gasteiger partial charge >= 0.3 is 0 Å². The number of nitrogens with zero attached hydrogens (tertiary/aromatic N) is 2. The van der Waals surface area contributed by atoms with Crippen LogP contribution in [0.2, 0.25) is 0 Å². The van der Waals surface area contributed by atoms with Crippen molar-refractivity contribution in [3.8, 4) is 5.88 Å². The Bertz CT molecular complexity index is 838. The summed E-state index contributed by atoms with van der Waals surface area (Å²) in [4.78, 5) is 18.8. The second kappa shape index (κ2) is 7.64. The Morgan fingerprint density at radius 1 is 1.33 bits per heavy atom. The molecule has 142 valence electrons. The second-order valence-corrected chi connectivity index (χ2v) is 7.37. The summed E-state index contributed by atoms with van der Waals surface area (Å²) < 4.78 is 20.1. The minimum absolute atomic E-state index is 0.0426. The fourth-order valence-electron chi connectivity index (χ4n) is 3.35. The second-order valence-electron chi connectivity index (χ2n) is 7.37. The highest BCUT2D eigenvalue weighted by molar-refractivity contribution is 5.99. The predicted octanol–water partition coefficient (Wildman–Crippen LogP) is 3.19. The highest BCUT2D eigenvalue weighted by Gasteiger charge is 2.30. The van der Waals surface area contributed by atoms with Crippen molar-refractivity contribution in [3.63, 3.8) is 0 Å². The van der Waals surface area contributed by atoms with Gasteiger partial charge in [-0.05, 0) is 31.9 Å². The lowest BCUT2D eigenvalue weighted by Crippen LogP contribution is -2.49. The van der Waals surface area contributed by atoms with Crippen LogP contribution in [0.4, 0.5) is 10.2 Å². The zero-order valence-electron chi connectivity index (χ0n) is 15.5. The van der Waals surface area contributed by atoms with Gasteiger partial charge in [0.25, 0.3) is 0 Å². The van der Waals surface area contributed by atoms with Gasteiger partial charge in [-0.1, -0.05) is 18.2 Å². The largest absolute Gasteiger partial charge is 0.473 e. The topological polar surface area (TPSA) is 54.5 Å². The molecule has 1 aromatic carbocycles. The van der Waals surface area contributed by atoms with Crippen LogP contribution in [0.15, 0.2) is 36.4 Å². The number of hydrogen-bond donors (Lipinski definition) is 1. The highest BCUT2D eigenvalue weighted by atomic mass is 19.1. The molecule has 2 fully saturated rings. The molecule has 5 nitrogen and oxygen atoms in total. The monoisotopic (exact) mass is 369 g/mol. The van der Waals surface area contributed by atoms with Gasteiger partial charge in [0, 0.05) is 48.8 Å². The first-order chi connectivity index (χ1) is 13.1. The summed E-state index contributed by atoms with van der Waals surface area (Å²) in [5, 5.41) is 3.41. The Kier molecular flexibility index (Phi) is 5.07. The van der Waals surface area contributed by atoms with Crippen molar-refractivity contribution < 1.29 is 13.9 Å². The first-order valence-corrected chi connectivity index (χ1v) is 9.51. The molecule has 4 rings (SSSR count). The standard InChI is InChI=1S/C21H24FN3O2/c1-14-12-25(10-9-23-14)19-3-2-4-20(24-19)27-13-17-8-7-16(11-18(17)22)21(26)15-5-6-15/h2-4,7-8,11,14-15,23H,5-6,9-10,12-13H2,1H3/t14-/m0/s1. The Labute approximate surface area is 158 Å². The number of Topliss-reactive ketones (excluding diaryl/α,β-unsaturated/α-hetero) is 1. The number of benzene rings is 1. The van der Waals surface area contributed by atoms with Gasteiger partial charge in [0.1, 0.15) is 18.2 Å². The smallest absolute Gasteiger partial charge is 0.215 e. The maximum atomic E-state index is 14.3. The first-order valence-electron chi connectivity index (χ1n) is 9.51. The number of rotatable bonds is 6. The Morgan fingerprint density at radius 2 is 2.19 bits per heavy atom. The minimum Gasteiger partial charge on any atom is -0.473 e. The molecule has 0 unspecified atom stereocenters. The quantitative estimate of drug-likeness (QED) is 0.793. The molecule has 2 aromatic rings. The van der Waals surface area contributed by atoms with Crippen LogP contribution >= 0.6 is 0 Å². The number of halogens is 1. The van der Waals surface area contributed by atoms with E-state index in [1.54, 1.807) is 18.2 Å². The van der Waals surface area contributed by atoms with E-state index in [2.05, 4.69) is 22.1 Å². The summed E-state index contributed by atoms with van der Waals surface area (Å²) in [7, 11) is 0. The van der Waals surface area contributed by atoms with E-state index in [9.17, 15) is 9.18 Å². The van der Waals surface area contributed by atoms with Gasteiger partial charge in [-0.15, -0.1) is 0 Å². The van der Waals surface area contributed by atoms with Gasteiger partial charge in [0.05, 0.1) is 0 Å². The molecule has 0 spiro atoms. The van der Waals surface area contributed by atoms with E-state index in [4.69, 9.17) is 4.74 Å². The van der Waals surface area contributed by atoms with E-state index in [0.717, 1.165) is 38.3 Å². The van der Waals surface area contributed by atoms with Gasteiger partial charge in [-0.3, -0.25) is 4.79 Å². The average molecular weight is 369 g/mol. The molecule has 0 radical (unpaired) electrons. The van der Waals surface area contributed by atoms with E-state index >= 15 is 0 Å². The number of nitrogens with one attached hydrogen (secondary N) is 1. The molecule has 1 N–H and O–H groups in total. The first kappa shape index (κ1) is 17.9. The molecule has 1 atom stereocenters. The van der Waals surface area contributed by atoms with Gasteiger partial charge in [-0.2, -0.15) is 4.98 Å². The van der Waals surface area contributed by atoms with E-state index in [-0.39, 0.29) is 18.3 Å². The van der Waals surface area contributed by atoms with Crippen LogP contribution in [0.3, 0.4) is 0 Å². The SMILES string of the molecule is C[C@H]1CN(c2cccc(OCc3ccc(C(=O)C4CC4)cc3F)n2)CCN1. The van der Waals surface area contributed by atoms with Crippen molar-refractivity contribution >= 4 is 11.6 Å². The van der Waals surface area contributed by atoms with E-state index < -0.39 is 5.82 Å². The van der Waals surface area contributed by atoms with Gasteiger partial charge in [0.2, 0.25) is 5.88 Å². The maximum absolute atomic E-state index is 14.3. The third kappa shape index (κ3) is 4.27. The lowest BCUT2D eigenvalue weighted by atomic mass is 10.0. The van der Waals surface area contributed by atoms with Crippen LogP contribution in [-0.2, 0) is 6.61 Å². The van der Waals surface area contributed by atoms with Crippen molar-refractivity contribution in [2.45, 2.75) is 32.4 Å². The van der Waals surface area contributed by atoms with Crippen LogP contribution in [0.25, 0.3) is 0 Å². The molecule has 1 aliphatic carbocycles. The zero-order chi connectivity index (χ0) is 18.8. The molecular weight excluding hydrogens is 345 g/mol. The Hall–Kier alpha value is -2.47. The highest BCUT2D eigenvalue weighted by Crippen LogP contribution is 2.33. The van der Waals surface area contributed by atoms with E-state index in [1.165, 1.54) is 6.07 Å². The summed E-state index contributed by atoms with van der Waals surface area (Å²) in [6.07, 6.45) is 1.83. The normalized spacial score (nSPS) is 19.8. The molecule has 1 aliphatic heterocycles. The number of carbonyl (C=O) groups excluding carboxylic acids is 1. The number of aromatic nitrogens is 1. The number of anilines is 1. The number of ether oxygens (including phenoxy) is 1. The number of hydrogen-bond acceptors (Lipinski definition) is 5. The fraction of sp³-hybridized carbons (Fsp3) is 0.429. The van der Waals surface area contributed by atoms with E-state index in [1.807, 2.05) is 12.1 Å². The molecule has 27 heavy (non-hydrogen) atoms. The van der Waals surface area contributed by atoms with Crippen LogP contribution in [0, 0.1) is 11.7 Å². The van der Waals surface area contributed by atoms with Crippen molar-refractivity contribution in [1.29, 1.82) is 0 Å². The fourth-order valence-corrected chi connectivity index (χ4v) is 3.35. The van der Waals surface area contributed by atoms with Gasteiger partial charge < -0.3 is 15.0 Å². The van der Waals surface area contributed by atoms with Crippen LogP contribution < -0.4 is 15.0 Å². The summed E-state index contributed by atoms with van der Waals surface area (Å²) in [5.74, 6) is 1.06. The molecule has 0 amide bonds. The molecule has 6 heteroatoms. The minimum atomic E-state index is -0.409. The molecule has 1 saturated heterocycles. The van der Waals surface area contributed by atoms with Crippen molar-refractivity contribution in [2.75, 3.05) is 24.5 Å². The predicted molar refractivity (Wildman–Crippen MR) is 102 cm³/mol. The number of ketones is 1. The summed E-state index contributed by atoms with van der Waals surface area (Å²) in [6, 6.07) is 10.7. The molecular formula is C21H24FN3O2. The number of pyridine rings is 1. The molecule has 1 aromatic heterocycles. The van der Waals surface area contributed by atoms with Crippen molar-refractivity contribution in [1.82, 2.24) is 10.3 Å². The van der Waals surface area contributed by atoms with Crippen LogP contribution in [-0.4, -0.2) is 36.4 Å². The third-order valence-electron chi connectivity index (χ3n) is 5.06. The zero-order valence-corrected chi connectivity index (χ0v) is 15.5. The number of carbonyl (C=O) groups is 1. The molecule has 0 bridgehead atoms. The number of piperazine rings is 1. The van der Waals surface area contributed by atoms with Gasteiger partial charge in [-0.25, -0.2) is 4.39 Å². The van der Waals surface area contributed by atoms with Crippen LogP contribution in [0.5, 0.6) is 5.88 Å². The molecule has 2 aliphatic rings. The third-order valence-corrected chi connectivity index (χ3v) is 5.06. The molecule has 2 heterocycles. The van der Waals surface area contributed by atoms with Crippen LogP contribution in [0.1, 0.15) is 35.7 Å². The lowest BCUT2D eigenvalue weighted by molar-refractivity contribution is 0.0967. The summed E-state index contributed by atoms with van der Waals surface area (Å²) in [5.41, 5.74) is 0.872. The van der Waals surface area contributed by atoms with Gasteiger partial charge in [0.15, 0.2) is 5.78 Å².